The van der Waals surface area contributed by atoms with Gasteiger partial charge in [-0.15, -0.1) is 0 Å². The van der Waals surface area contributed by atoms with Crippen LogP contribution >= 0.6 is 35.6 Å². The van der Waals surface area contributed by atoms with E-state index in [1.807, 2.05) is 30.3 Å². The zero-order valence-corrected chi connectivity index (χ0v) is 15.3. The number of nitrogens with one attached hydrogen (secondary N) is 1. The first-order valence-corrected chi connectivity index (χ1v) is 8.99. The molecular weight excluding hydrogens is 376 g/mol. The Morgan fingerprint density at radius 3 is 2.52 bits per heavy atom. The molecule has 2 aromatic rings. The standard InChI is InChI=1S/C18H13ClN2O2S2/c19-13-6-8-14(9-7-13)20-16(22)11-21-17(23)15(25-18(21)24)10-12-4-2-1-3-5-12/h1-10H,11H2,(H,20,22)/b15-10-. The van der Waals surface area contributed by atoms with E-state index in [0.717, 1.165) is 5.56 Å². The maximum atomic E-state index is 12.5. The third kappa shape index (κ3) is 4.48. The Morgan fingerprint density at radius 2 is 1.84 bits per heavy atom. The second-order valence-electron chi connectivity index (χ2n) is 5.23. The Kier molecular flexibility index (Phi) is 5.53. The van der Waals surface area contributed by atoms with Gasteiger partial charge >= 0.3 is 0 Å². The molecule has 2 aromatic carbocycles. The Hall–Kier alpha value is -2.15. The van der Waals surface area contributed by atoms with Crippen molar-refractivity contribution in [1.29, 1.82) is 0 Å². The number of nitrogens with zero attached hydrogens (tertiary/aromatic N) is 1. The fourth-order valence-corrected chi connectivity index (χ4v) is 3.60. The fraction of sp³-hybridized carbons (Fsp3) is 0.0556. The van der Waals surface area contributed by atoms with Crippen molar-refractivity contribution in [2.75, 3.05) is 11.9 Å². The van der Waals surface area contributed by atoms with Crippen molar-refractivity contribution in [2.45, 2.75) is 0 Å². The SMILES string of the molecule is O=C(CN1C(=O)/C(=C/c2ccccc2)SC1=S)Nc1ccc(Cl)cc1. The maximum absolute atomic E-state index is 12.5. The molecule has 0 saturated carbocycles. The number of hydrogen-bond donors (Lipinski definition) is 1. The number of anilines is 1. The average molecular weight is 389 g/mol. The molecule has 0 spiro atoms. The molecule has 1 N–H and O–H groups in total. The van der Waals surface area contributed by atoms with Crippen LogP contribution < -0.4 is 5.32 Å². The molecule has 1 saturated heterocycles. The van der Waals surface area contributed by atoms with Gasteiger partial charge in [0.15, 0.2) is 0 Å². The van der Waals surface area contributed by atoms with Gasteiger partial charge in [-0.1, -0.05) is 65.9 Å². The molecule has 0 aliphatic carbocycles. The predicted molar refractivity (Wildman–Crippen MR) is 106 cm³/mol. The molecule has 0 aromatic heterocycles. The molecule has 1 aliphatic heterocycles. The summed E-state index contributed by atoms with van der Waals surface area (Å²) in [4.78, 5) is 26.5. The van der Waals surface area contributed by atoms with Crippen LogP contribution in [-0.2, 0) is 9.59 Å². The van der Waals surface area contributed by atoms with E-state index in [-0.39, 0.29) is 18.4 Å². The van der Waals surface area contributed by atoms with E-state index in [1.54, 1.807) is 30.3 Å². The number of carbonyl (C=O) groups is 2. The summed E-state index contributed by atoms with van der Waals surface area (Å²) in [6.45, 7) is -0.126. The Morgan fingerprint density at radius 1 is 1.16 bits per heavy atom. The summed E-state index contributed by atoms with van der Waals surface area (Å²) in [7, 11) is 0. The minimum Gasteiger partial charge on any atom is -0.325 e. The molecule has 7 heteroatoms. The normalized spacial score (nSPS) is 15.7. The van der Waals surface area contributed by atoms with Crippen molar-refractivity contribution >= 4 is 63.5 Å². The first-order valence-electron chi connectivity index (χ1n) is 7.39. The number of hydrogen-bond acceptors (Lipinski definition) is 4. The van der Waals surface area contributed by atoms with Gasteiger partial charge in [-0.2, -0.15) is 0 Å². The van der Waals surface area contributed by atoms with E-state index >= 15 is 0 Å². The first kappa shape index (κ1) is 17.7. The molecular formula is C18H13ClN2O2S2. The molecule has 126 valence electrons. The van der Waals surface area contributed by atoms with Crippen LogP contribution in [0.3, 0.4) is 0 Å². The van der Waals surface area contributed by atoms with E-state index in [0.29, 0.717) is 19.9 Å². The van der Waals surface area contributed by atoms with Crippen LogP contribution in [-0.4, -0.2) is 27.6 Å². The van der Waals surface area contributed by atoms with Gasteiger partial charge in [-0.05, 0) is 35.9 Å². The van der Waals surface area contributed by atoms with Crippen LogP contribution in [0.1, 0.15) is 5.56 Å². The third-order valence-electron chi connectivity index (χ3n) is 3.40. The van der Waals surface area contributed by atoms with E-state index in [4.69, 9.17) is 23.8 Å². The van der Waals surface area contributed by atoms with Gasteiger partial charge < -0.3 is 5.32 Å². The van der Waals surface area contributed by atoms with Crippen molar-refractivity contribution in [2.24, 2.45) is 0 Å². The molecule has 25 heavy (non-hydrogen) atoms. The van der Waals surface area contributed by atoms with E-state index in [9.17, 15) is 9.59 Å². The minimum absolute atomic E-state index is 0.126. The molecule has 0 atom stereocenters. The molecule has 0 unspecified atom stereocenters. The highest BCUT2D eigenvalue weighted by molar-refractivity contribution is 8.26. The topological polar surface area (TPSA) is 49.4 Å². The summed E-state index contributed by atoms with van der Waals surface area (Å²) in [5.74, 6) is -0.579. The quantitative estimate of drug-likeness (QED) is 0.630. The van der Waals surface area contributed by atoms with Crippen LogP contribution in [0.25, 0.3) is 6.08 Å². The van der Waals surface area contributed by atoms with Crippen LogP contribution in [0.15, 0.2) is 59.5 Å². The summed E-state index contributed by atoms with van der Waals surface area (Å²) in [6, 6.07) is 16.2. The summed E-state index contributed by atoms with van der Waals surface area (Å²) in [6.07, 6.45) is 1.77. The number of rotatable bonds is 4. The van der Waals surface area contributed by atoms with Crippen LogP contribution in [0.4, 0.5) is 5.69 Å². The van der Waals surface area contributed by atoms with Gasteiger partial charge in [0.25, 0.3) is 5.91 Å². The maximum Gasteiger partial charge on any atom is 0.266 e. The van der Waals surface area contributed by atoms with Gasteiger partial charge in [0, 0.05) is 10.7 Å². The van der Waals surface area contributed by atoms with Gasteiger partial charge in [-0.3, -0.25) is 14.5 Å². The highest BCUT2D eigenvalue weighted by Crippen LogP contribution is 2.32. The van der Waals surface area contributed by atoms with E-state index < -0.39 is 0 Å². The molecule has 1 heterocycles. The second kappa shape index (κ2) is 7.82. The lowest BCUT2D eigenvalue weighted by Crippen LogP contribution is -2.36. The van der Waals surface area contributed by atoms with Crippen molar-refractivity contribution in [1.82, 2.24) is 4.90 Å². The highest BCUT2D eigenvalue weighted by Gasteiger charge is 2.33. The van der Waals surface area contributed by atoms with Gasteiger partial charge in [0.2, 0.25) is 5.91 Å². The van der Waals surface area contributed by atoms with Crippen LogP contribution in [0.2, 0.25) is 5.02 Å². The predicted octanol–water partition coefficient (Wildman–Crippen LogP) is 4.18. The molecule has 1 fully saturated rings. The van der Waals surface area contributed by atoms with Crippen molar-refractivity contribution in [3.63, 3.8) is 0 Å². The summed E-state index contributed by atoms with van der Waals surface area (Å²) in [5, 5.41) is 3.31. The molecule has 2 amide bonds. The number of thiocarbonyl (C=S) groups is 1. The molecule has 1 aliphatic rings. The van der Waals surface area contributed by atoms with Crippen molar-refractivity contribution in [3.8, 4) is 0 Å². The van der Waals surface area contributed by atoms with E-state index in [2.05, 4.69) is 5.32 Å². The first-order chi connectivity index (χ1) is 12.0. The summed E-state index contributed by atoms with van der Waals surface area (Å²) >= 11 is 12.3. The summed E-state index contributed by atoms with van der Waals surface area (Å²) < 4.78 is 0.374. The molecule has 0 bridgehead atoms. The molecule has 3 rings (SSSR count). The molecule has 0 radical (unpaired) electrons. The summed E-state index contributed by atoms with van der Waals surface area (Å²) in [5.41, 5.74) is 1.52. The lowest BCUT2D eigenvalue weighted by molar-refractivity contribution is -0.126. The second-order valence-corrected chi connectivity index (χ2v) is 7.35. The largest absolute Gasteiger partial charge is 0.325 e. The number of carbonyl (C=O) groups excluding carboxylic acids is 2. The number of halogens is 1. The van der Waals surface area contributed by atoms with Crippen molar-refractivity contribution < 1.29 is 9.59 Å². The number of amides is 2. The monoisotopic (exact) mass is 388 g/mol. The zero-order valence-electron chi connectivity index (χ0n) is 12.9. The lowest BCUT2D eigenvalue weighted by atomic mass is 10.2. The third-order valence-corrected chi connectivity index (χ3v) is 5.03. The fourth-order valence-electron chi connectivity index (χ4n) is 2.21. The van der Waals surface area contributed by atoms with Crippen molar-refractivity contribution in [3.05, 3.63) is 70.1 Å². The van der Waals surface area contributed by atoms with E-state index in [1.165, 1.54) is 16.7 Å². The van der Waals surface area contributed by atoms with Crippen LogP contribution in [0.5, 0.6) is 0 Å². The van der Waals surface area contributed by atoms with Crippen LogP contribution in [0, 0.1) is 0 Å². The number of thioether (sulfide) groups is 1. The highest BCUT2D eigenvalue weighted by atomic mass is 35.5. The Labute approximate surface area is 159 Å². The Bertz CT molecular complexity index is 851. The Balaban J connectivity index is 1.67. The number of benzene rings is 2. The average Bonchev–Trinajstić information content (AvgIpc) is 2.85. The molecule has 4 nitrogen and oxygen atoms in total. The zero-order chi connectivity index (χ0) is 17.8. The van der Waals surface area contributed by atoms with Gasteiger partial charge in [-0.25, -0.2) is 0 Å². The smallest absolute Gasteiger partial charge is 0.266 e. The minimum atomic E-state index is -0.320. The lowest BCUT2D eigenvalue weighted by Gasteiger charge is -2.14. The van der Waals surface area contributed by atoms with Gasteiger partial charge in [0.1, 0.15) is 10.9 Å². The van der Waals surface area contributed by atoms with Gasteiger partial charge in [0.05, 0.1) is 4.91 Å².